The lowest BCUT2D eigenvalue weighted by Crippen LogP contribution is -2.41. The van der Waals surface area contributed by atoms with Crippen LogP contribution in [0, 0.1) is 0 Å². The zero-order chi connectivity index (χ0) is 7.56. The first-order chi connectivity index (χ1) is 4.74. The van der Waals surface area contributed by atoms with Crippen LogP contribution in [0.3, 0.4) is 0 Å². The van der Waals surface area contributed by atoms with Crippen LogP contribution in [-0.2, 0) is 9.47 Å². The molecule has 1 saturated heterocycles. The molecule has 0 spiro atoms. The van der Waals surface area contributed by atoms with Crippen molar-refractivity contribution >= 4 is 0 Å². The highest BCUT2D eigenvalue weighted by Gasteiger charge is 2.28. The summed E-state index contributed by atoms with van der Waals surface area (Å²) in [6.45, 7) is 0.246. The smallest absolute Gasteiger partial charge is 0.183 e. The summed E-state index contributed by atoms with van der Waals surface area (Å²) in [6, 6.07) is 0. The van der Waals surface area contributed by atoms with Gasteiger partial charge in [-0.1, -0.05) is 0 Å². The maximum atomic E-state index is 9.13. The molecule has 0 amide bonds. The first kappa shape index (κ1) is 7.94. The molecule has 2 N–H and O–H groups in total. The van der Waals surface area contributed by atoms with Crippen LogP contribution in [0.2, 0.25) is 0 Å². The van der Waals surface area contributed by atoms with E-state index in [0.29, 0.717) is 6.42 Å². The van der Waals surface area contributed by atoms with Crippen LogP contribution in [0.25, 0.3) is 0 Å². The third-order valence-corrected chi connectivity index (χ3v) is 1.51. The average Bonchev–Trinajstić information content (AvgIpc) is 1.88. The molecule has 3 atom stereocenters. The summed E-state index contributed by atoms with van der Waals surface area (Å²) >= 11 is 0. The Morgan fingerprint density at radius 1 is 1.50 bits per heavy atom. The van der Waals surface area contributed by atoms with E-state index in [9.17, 15) is 0 Å². The summed E-state index contributed by atoms with van der Waals surface area (Å²) in [5.74, 6) is 0. The van der Waals surface area contributed by atoms with Crippen molar-refractivity contribution in [2.45, 2.75) is 24.9 Å². The molecule has 0 aliphatic carbocycles. The number of methoxy groups -OCH3 is 1. The quantitative estimate of drug-likeness (QED) is 0.506. The molecule has 4 heteroatoms. The van der Waals surface area contributed by atoms with Gasteiger partial charge < -0.3 is 19.7 Å². The normalized spacial score (nSPS) is 41.7. The van der Waals surface area contributed by atoms with E-state index in [0.717, 1.165) is 0 Å². The van der Waals surface area contributed by atoms with Gasteiger partial charge in [-0.2, -0.15) is 0 Å². The molecule has 0 aromatic heterocycles. The summed E-state index contributed by atoms with van der Waals surface area (Å²) in [7, 11) is 1.46. The molecule has 1 aliphatic rings. The van der Waals surface area contributed by atoms with Gasteiger partial charge in [0.15, 0.2) is 6.29 Å². The zero-order valence-electron chi connectivity index (χ0n) is 5.86. The van der Waals surface area contributed by atoms with E-state index in [4.69, 9.17) is 19.7 Å². The molecule has 0 radical (unpaired) electrons. The predicted molar refractivity (Wildman–Crippen MR) is 33.4 cm³/mol. The average molecular weight is 148 g/mol. The summed E-state index contributed by atoms with van der Waals surface area (Å²) in [4.78, 5) is 0. The van der Waals surface area contributed by atoms with Crippen LogP contribution >= 0.6 is 0 Å². The molecule has 0 bridgehead atoms. The predicted octanol–water partition coefficient (Wildman–Crippen LogP) is -0.899. The van der Waals surface area contributed by atoms with E-state index in [2.05, 4.69) is 0 Å². The topological polar surface area (TPSA) is 58.9 Å². The number of ether oxygens (including phenoxy) is 2. The second-order valence-electron chi connectivity index (χ2n) is 2.39. The fraction of sp³-hybridized carbons (Fsp3) is 1.00. The lowest BCUT2D eigenvalue weighted by Gasteiger charge is -2.29. The molecule has 4 nitrogen and oxygen atoms in total. The first-order valence-corrected chi connectivity index (χ1v) is 3.24. The molecular weight excluding hydrogens is 136 g/mol. The largest absolute Gasteiger partial charge is 0.391 e. The first-order valence-electron chi connectivity index (χ1n) is 3.24. The van der Waals surface area contributed by atoms with Crippen molar-refractivity contribution < 1.29 is 19.7 Å². The SMILES string of the molecule is COC1OCC(O)CC1O. The lowest BCUT2D eigenvalue weighted by molar-refractivity contribution is -0.224. The molecule has 0 aromatic carbocycles. The van der Waals surface area contributed by atoms with E-state index < -0.39 is 18.5 Å². The fourth-order valence-corrected chi connectivity index (χ4v) is 1.00. The maximum Gasteiger partial charge on any atom is 0.183 e. The minimum atomic E-state index is -0.700. The van der Waals surface area contributed by atoms with Crippen molar-refractivity contribution in [1.82, 2.24) is 0 Å². The van der Waals surface area contributed by atoms with Crippen molar-refractivity contribution in [3.8, 4) is 0 Å². The van der Waals surface area contributed by atoms with E-state index >= 15 is 0 Å². The highest BCUT2D eigenvalue weighted by molar-refractivity contribution is 4.71. The number of aliphatic hydroxyl groups is 2. The second kappa shape index (κ2) is 3.30. The Morgan fingerprint density at radius 2 is 2.20 bits per heavy atom. The van der Waals surface area contributed by atoms with E-state index in [1.165, 1.54) is 7.11 Å². The second-order valence-corrected chi connectivity index (χ2v) is 2.39. The van der Waals surface area contributed by atoms with Crippen LogP contribution in [0.4, 0.5) is 0 Å². The van der Waals surface area contributed by atoms with Gasteiger partial charge in [0.05, 0.1) is 12.7 Å². The number of rotatable bonds is 1. The lowest BCUT2D eigenvalue weighted by atomic mass is 10.1. The Labute approximate surface area is 59.4 Å². The van der Waals surface area contributed by atoms with Gasteiger partial charge >= 0.3 is 0 Å². The summed E-state index contributed by atoms with van der Waals surface area (Å²) in [5, 5.41) is 18.1. The van der Waals surface area contributed by atoms with Crippen molar-refractivity contribution in [2.75, 3.05) is 13.7 Å². The molecule has 60 valence electrons. The van der Waals surface area contributed by atoms with E-state index in [1.54, 1.807) is 0 Å². The summed E-state index contributed by atoms with van der Waals surface area (Å²) < 4.78 is 9.70. The third kappa shape index (κ3) is 1.67. The van der Waals surface area contributed by atoms with Crippen molar-refractivity contribution in [1.29, 1.82) is 0 Å². The molecule has 0 saturated carbocycles. The monoisotopic (exact) mass is 148 g/mol. The standard InChI is InChI=1S/C6H12O4/c1-9-6-5(8)2-4(7)3-10-6/h4-8H,2-3H2,1H3. The molecule has 1 rings (SSSR count). The number of hydrogen-bond donors (Lipinski definition) is 2. The van der Waals surface area contributed by atoms with Gasteiger partial charge in [-0.25, -0.2) is 0 Å². The minimum absolute atomic E-state index is 0.246. The Morgan fingerprint density at radius 3 is 2.70 bits per heavy atom. The van der Waals surface area contributed by atoms with Gasteiger partial charge in [-0.15, -0.1) is 0 Å². The summed E-state index contributed by atoms with van der Waals surface area (Å²) in [5.41, 5.74) is 0. The van der Waals surface area contributed by atoms with Crippen molar-refractivity contribution in [3.05, 3.63) is 0 Å². The van der Waals surface area contributed by atoms with Crippen LogP contribution in [0.1, 0.15) is 6.42 Å². The van der Waals surface area contributed by atoms with Crippen LogP contribution in [-0.4, -0.2) is 42.4 Å². The molecule has 3 unspecified atom stereocenters. The highest BCUT2D eigenvalue weighted by atomic mass is 16.7. The molecule has 1 fully saturated rings. The third-order valence-electron chi connectivity index (χ3n) is 1.51. The molecule has 1 heterocycles. The number of hydrogen-bond acceptors (Lipinski definition) is 4. The van der Waals surface area contributed by atoms with Crippen LogP contribution < -0.4 is 0 Å². The zero-order valence-corrected chi connectivity index (χ0v) is 5.86. The highest BCUT2D eigenvalue weighted by Crippen LogP contribution is 2.14. The van der Waals surface area contributed by atoms with Gasteiger partial charge in [0.25, 0.3) is 0 Å². The van der Waals surface area contributed by atoms with Gasteiger partial charge in [0.2, 0.25) is 0 Å². The van der Waals surface area contributed by atoms with Gasteiger partial charge in [0, 0.05) is 13.5 Å². The maximum absolute atomic E-state index is 9.13. The van der Waals surface area contributed by atoms with Crippen LogP contribution in [0.5, 0.6) is 0 Å². The van der Waals surface area contributed by atoms with Crippen molar-refractivity contribution in [3.63, 3.8) is 0 Å². The van der Waals surface area contributed by atoms with Gasteiger partial charge in [-0.3, -0.25) is 0 Å². The van der Waals surface area contributed by atoms with Gasteiger partial charge in [-0.05, 0) is 0 Å². The summed E-state index contributed by atoms with van der Waals surface area (Å²) in [6.07, 6.45) is -1.49. The molecule has 1 aliphatic heterocycles. The molecular formula is C6H12O4. The Balaban J connectivity index is 2.36. The fourth-order valence-electron chi connectivity index (χ4n) is 1.00. The minimum Gasteiger partial charge on any atom is -0.391 e. The Kier molecular flexibility index (Phi) is 2.62. The Hall–Kier alpha value is -0.160. The van der Waals surface area contributed by atoms with Crippen molar-refractivity contribution in [2.24, 2.45) is 0 Å². The Bertz CT molecular complexity index is 106. The molecule has 10 heavy (non-hydrogen) atoms. The molecule has 0 aromatic rings. The van der Waals surface area contributed by atoms with E-state index in [1.807, 2.05) is 0 Å². The van der Waals surface area contributed by atoms with Crippen LogP contribution in [0.15, 0.2) is 0 Å². The number of aliphatic hydroxyl groups excluding tert-OH is 2. The van der Waals surface area contributed by atoms with Gasteiger partial charge in [0.1, 0.15) is 6.10 Å². The van der Waals surface area contributed by atoms with E-state index in [-0.39, 0.29) is 6.61 Å².